The molecular weight excluding hydrogens is 386 g/mol. The lowest BCUT2D eigenvalue weighted by molar-refractivity contribution is -0.146. The molecule has 0 unspecified atom stereocenters. The minimum absolute atomic E-state index is 0.184. The van der Waals surface area contributed by atoms with Gasteiger partial charge in [0.25, 0.3) is 5.91 Å². The van der Waals surface area contributed by atoms with Crippen LogP contribution in [0.15, 0.2) is 53.0 Å². The van der Waals surface area contributed by atoms with Crippen LogP contribution in [0.3, 0.4) is 0 Å². The Hall–Kier alpha value is -2.34. The van der Waals surface area contributed by atoms with E-state index in [4.69, 9.17) is 9.47 Å². The number of rotatable bonds is 7. The first-order valence-corrected chi connectivity index (χ1v) is 8.69. The lowest BCUT2D eigenvalue weighted by atomic mass is 10.2. The SMILES string of the molecule is CC(C)OC(=O)CNC(=O)c1ccccc1OCc1cccc(Br)c1. The molecule has 25 heavy (non-hydrogen) atoms. The van der Waals surface area contributed by atoms with E-state index in [1.807, 2.05) is 24.3 Å². The summed E-state index contributed by atoms with van der Waals surface area (Å²) in [5.41, 5.74) is 1.35. The molecule has 0 saturated heterocycles. The van der Waals surface area contributed by atoms with Crippen molar-refractivity contribution in [3.63, 3.8) is 0 Å². The highest BCUT2D eigenvalue weighted by molar-refractivity contribution is 9.10. The first-order chi connectivity index (χ1) is 12.0. The molecule has 132 valence electrons. The molecule has 0 aliphatic rings. The van der Waals surface area contributed by atoms with Crippen LogP contribution in [-0.2, 0) is 16.1 Å². The average molecular weight is 406 g/mol. The van der Waals surface area contributed by atoms with Gasteiger partial charge in [-0.2, -0.15) is 0 Å². The molecule has 0 heterocycles. The van der Waals surface area contributed by atoms with Gasteiger partial charge in [-0.3, -0.25) is 9.59 Å². The third-order valence-electron chi connectivity index (χ3n) is 3.18. The molecule has 0 bridgehead atoms. The molecule has 0 aliphatic heterocycles. The molecule has 2 aromatic carbocycles. The molecule has 0 saturated carbocycles. The third kappa shape index (κ3) is 6.23. The number of halogens is 1. The molecule has 5 nitrogen and oxygen atoms in total. The summed E-state index contributed by atoms with van der Waals surface area (Å²) in [7, 11) is 0. The summed E-state index contributed by atoms with van der Waals surface area (Å²) in [6.45, 7) is 3.66. The van der Waals surface area contributed by atoms with E-state index in [1.54, 1.807) is 38.1 Å². The molecule has 0 aliphatic carbocycles. The molecule has 0 spiro atoms. The molecule has 0 fully saturated rings. The highest BCUT2D eigenvalue weighted by Crippen LogP contribution is 2.20. The second-order valence-electron chi connectivity index (χ2n) is 5.64. The Kier molecular flexibility index (Phi) is 7.01. The van der Waals surface area contributed by atoms with Crippen LogP contribution in [0.4, 0.5) is 0 Å². The summed E-state index contributed by atoms with van der Waals surface area (Å²) >= 11 is 3.41. The summed E-state index contributed by atoms with van der Waals surface area (Å²) in [4.78, 5) is 23.9. The molecule has 1 N–H and O–H groups in total. The highest BCUT2D eigenvalue weighted by atomic mass is 79.9. The fraction of sp³-hybridized carbons (Fsp3) is 0.263. The van der Waals surface area contributed by atoms with Gasteiger partial charge in [-0.1, -0.05) is 40.2 Å². The predicted octanol–water partition coefficient (Wildman–Crippen LogP) is 3.71. The summed E-state index contributed by atoms with van der Waals surface area (Å²) < 4.78 is 11.7. The molecule has 0 atom stereocenters. The predicted molar refractivity (Wildman–Crippen MR) is 98.5 cm³/mol. The van der Waals surface area contributed by atoms with E-state index in [0.717, 1.165) is 10.0 Å². The van der Waals surface area contributed by atoms with Crippen molar-refractivity contribution in [3.8, 4) is 5.75 Å². The zero-order valence-electron chi connectivity index (χ0n) is 14.1. The Labute approximate surface area is 155 Å². The largest absolute Gasteiger partial charge is 0.488 e. The van der Waals surface area contributed by atoms with Gasteiger partial charge >= 0.3 is 5.97 Å². The first-order valence-electron chi connectivity index (χ1n) is 7.89. The van der Waals surface area contributed by atoms with E-state index >= 15 is 0 Å². The number of para-hydroxylation sites is 1. The van der Waals surface area contributed by atoms with Gasteiger partial charge in [0.1, 0.15) is 18.9 Å². The van der Waals surface area contributed by atoms with Crippen molar-refractivity contribution in [3.05, 3.63) is 64.1 Å². The number of hydrogen-bond acceptors (Lipinski definition) is 4. The smallest absolute Gasteiger partial charge is 0.325 e. The quantitative estimate of drug-likeness (QED) is 0.713. The molecule has 1 amide bonds. The number of amides is 1. The van der Waals surface area contributed by atoms with Crippen LogP contribution in [0, 0.1) is 0 Å². The van der Waals surface area contributed by atoms with Gasteiger partial charge in [-0.05, 0) is 43.7 Å². The van der Waals surface area contributed by atoms with E-state index in [-0.39, 0.29) is 18.6 Å². The maximum Gasteiger partial charge on any atom is 0.325 e. The number of carbonyl (C=O) groups excluding carboxylic acids is 2. The van der Waals surface area contributed by atoms with Gasteiger partial charge < -0.3 is 14.8 Å². The topological polar surface area (TPSA) is 64.6 Å². The van der Waals surface area contributed by atoms with Crippen molar-refractivity contribution in [2.45, 2.75) is 26.6 Å². The Morgan fingerprint density at radius 3 is 2.60 bits per heavy atom. The minimum Gasteiger partial charge on any atom is -0.488 e. The Morgan fingerprint density at radius 1 is 1.12 bits per heavy atom. The summed E-state index contributed by atoms with van der Waals surface area (Å²) in [6.07, 6.45) is -0.217. The fourth-order valence-corrected chi connectivity index (χ4v) is 2.57. The summed E-state index contributed by atoms with van der Waals surface area (Å²) in [5, 5.41) is 2.55. The van der Waals surface area contributed by atoms with Crippen molar-refractivity contribution in [1.29, 1.82) is 0 Å². The van der Waals surface area contributed by atoms with E-state index in [0.29, 0.717) is 17.9 Å². The normalized spacial score (nSPS) is 10.4. The van der Waals surface area contributed by atoms with Crippen LogP contribution in [0.25, 0.3) is 0 Å². The zero-order valence-corrected chi connectivity index (χ0v) is 15.7. The maximum atomic E-state index is 12.3. The lowest BCUT2D eigenvalue weighted by Gasteiger charge is -2.12. The number of nitrogens with one attached hydrogen (secondary N) is 1. The van der Waals surface area contributed by atoms with Gasteiger partial charge in [0, 0.05) is 4.47 Å². The number of ether oxygens (including phenoxy) is 2. The van der Waals surface area contributed by atoms with Gasteiger partial charge in [-0.25, -0.2) is 0 Å². The second kappa shape index (κ2) is 9.22. The van der Waals surface area contributed by atoms with Crippen LogP contribution < -0.4 is 10.1 Å². The standard InChI is InChI=1S/C19H20BrNO4/c1-13(2)25-18(22)11-21-19(23)16-8-3-4-9-17(16)24-12-14-6-5-7-15(20)10-14/h3-10,13H,11-12H2,1-2H3,(H,21,23). The number of hydrogen-bond donors (Lipinski definition) is 1. The molecule has 2 aromatic rings. The van der Waals surface area contributed by atoms with Crippen LogP contribution in [-0.4, -0.2) is 24.5 Å². The van der Waals surface area contributed by atoms with Crippen LogP contribution in [0.1, 0.15) is 29.8 Å². The van der Waals surface area contributed by atoms with Crippen molar-refractivity contribution >= 4 is 27.8 Å². The summed E-state index contributed by atoms with van der Waals surface area (Å²) in [6, 6.07) is 14.6. The number of carbonyl (C=O) groups is 2. The maximum absolute atomic E-state index is 12.3. The highest BCUT2D eigenvalue weighted by Gasteiger charge is 2.14. The lowest BCUT2D eigenvalue weighted by Crippen LogP contribution is -2.31. The van der Waals surface area contributed by atoms with Gasteiger partial charge in [-0.15, -0.1) is 0 Å². The van der Waals surface area contributed by atoms with Gasteiger partial charge in [0.05, 0.1) is 11.7 Å². The van der Waals surface area contributed by atoms with Crippen LogP contribution >= 0.6 is 15.9 Å². The zero-order chi connectivity index (χ0) is 18.2. The second-order valence-corrected chi connectivity index (χ2v) is 6.55. The van der Waals surface area contributed by atoms with E-state index in [2.05, 4.69) is 21.2 Å². The third-order valence-corrected chi connectivity index (χ3v) is 3.67. The Balaban J connectivity index is 1.99. The van der Waals surface area contributed by atoms with Crippen molar-refractivity contribution in [2.75, 3.05) is 6.54 Å². The molecule has 2 rings (SSSR count). The number of esters is 1. The van der Waals surface area contributed by atoms with Crippen molar-refractivity contribution in [1.82, 2.24) is 5.32 Å². The van der Waals surface area contributed by atoms with Crippen LogP contribution in [0.2, 0.25) is 0 Å². The summed E-state index contributed by atoms with van der Waals surface area (Å²) in [5.74, 6) is -0.404. The van der Waals surface area contributed by atoms with Crippen molar-refractivity contribution in [2.24, 2.45) is 0 Å². The molecule has 0 radical (unpaired) electrons. The monoisotopic (exact) mass is 405 g/mol. The van der Waals surface area contributed by atoms with Crippen LogP contribution in [0.5, 0.6) is 5.75 Å². The Morgan fingerprint density at radius 2 is 1.88 bits per heavy atom. The molecule has 0 aromatic heterocycles. The van der Waals surface area contributed by atoms with E-state index in [1.165, 1.54) is 0 Å². The van der Waals surface area contributed by atoms with E-state index in [9.17, 15) is 9.59 Å². The average Bonchev–Trinajstić information content (AvgIpc) is 2.57. The van der Waals surface area contributed by atoms with Gasteiger partial charge in [0.15, 0.2) is 0 Å². The molecule has 6 heteroatoms. The number of benzene rings is 2. The van der Waals surface area contributed by atoms with Gasteiger partial charge in [0.2, 0.25) is 0 Å². The minimum atomic E-state index is -0.476. The first kappa shape index (κ1) is 19.0. The molecular formula is C19H20BrNO4. The van der Waals surface area contributed by atoms with E-state index < -0.39 is 5.97 Å². The fourth-order valence-electron chi connectivity index (χ4n) is 2.12. The van der Waals surface area contributed by atoms with Crippen molar-refractivity contribution < 1.29 is 19.1 Å². The Bertz CT molecular complexity index is 746.